The van der Waals surface area contributed by atoms with Crippen LogP contribution >= 0.6 is 15.9 Å². The molecule has 0 aliphatic carbocycles. The number of hydrogen-bond acceptors (Lipinski definition) is 4. The third kappa shape index (κ3) is 4.41. The summed E-state index contributed by atoms with van der Waals surface area (Å²) in [7, 11) is 0. The molecule has 0 aliphatic heterocycles. The third-order valence-electron chi connectivity index (χ3n) is 3.39. The van der Waals surface area contributed by atoms with E-state index in [1.807, 2.05) is 6.92 Å². The highest BCUT2D eigenvalue weighted by atomic mass is 79.9. The number of nitrogens with one attached hydrogen (secondary N) is 1. The van der Waals surface area contributed by atoms with Crippen LogP contribution in [0.15, 0.2) is 33.4 Å². The number of aromatic nitrogens is 1. The molecule has 0 spiro atoms. The maximum absolute atomic E-state index is 13.9. The lowest BCUT2D eigenvalue weighted by molar-refractivity contribution is -0.141. The molecule has 6 nitrogen and oxygen atoms in total. The van der Waals surface area contributed by atoms with E-state index in [1.54, 1.807) is 6.07 Å². The van der Waals surface area contributed by atoms with Crippen molar-refractivity contribution in [2.45, 2.75) is 19.8 Å². The molecule has 0 radical (unpaired) electrons. The zero-order valence-electron chi connectivity index (χ0n) is 12.9. The highest BCUT2D eigenvalue weighted by molar-refractivity contribution is 9.10. The number of carbonyl (C=O) groups excluding carboxylic acids is 1. The van der Waals surface area contributed by atoms with Crippen LogP contribution in [0.25, 0.3) is 11.5 Å². The van der Waals surface area contributed by atoms with Crippen molar-refractivity contribution in [3.8, 4) is 11.5 Å². The van der Waals surface area contributed by atoms with E-state index < -0.39 is 23.6 Å². The van der Waals surface area contributed by atoms with Crippen molar-refractivity contribution in [2.24, 2.45) is 5.92 Å². The predicted molar refractivity (Wildman–Crippen MR) is 88.0 cm³/mol. The maximum Gasteiger partial charge on any atom is 0.308 e. The number of carbonyl (C=O) groups is 2. The molecule has 8 heteroatoms. The van der Waals surface area contributed by atoms with Gasteiger partial charge in [-0.3, -0.25) is 9.59 Å². The molecule has 0 bridgehead atoms. The van der Waals surface area contributed by atoms with E-state index in [1.165, 1.54) is 12.1 Å². The number of hydrogen-bond donors (Lipinski definition) is 2. The molecular formula is C16H16BrFN2O4. The summed E-state index contributed by atoms with van der Waals surface area (Å²) in [5.74, 6) is -2.74. The van der Waals surface area contributed by atoms with Gasteiger partial charge >= 0.3 is 5.97 Å². The highest BCUT2D eigenvalue weighted by Crippen LogP contribution is 2.25. The van der Waals surface area contributed by atoms with Gasteiger partial charge in [-0.15, -0.1) is 0 Å². The average molecular weight is 399 g/mol. The van der Waals surface area contributed by atoms with Crippen LogP contribution in [0.2, 0.25) is 0 Å². The molecule has 0 saturated carbocycles. The number of carboxylic acid groups (broad SMARTS) is 1. The van der Waals surface area contributed by atoms with Crippen molar-refractivity contribution in [1.29, 1.82) is 0 Å². The Morgan fingerprint density at radius 2 is 2.21 bits per heavy atom. The van der Waals surface area contributed by atoms with Crippen LogP contribution in [0, 0.1) is 11.7 Å². The Labute approximate surface area is 146 Å². The van der Waals surface area contributed by atoms with Gasteiger partial charge in [-0.25, -0.2) is 9.37 Å². The van der Waals surface area contributed by atoms with E-state index in [4.69, 9.17) is 9.52 Å². The lowest BCUT2D eigenvalue weighted by atomic mass is 10.0. The van der Waals surface area contributed by atoms with Crippen molar-refractivity contribution >= 4 is 27.8 Å². The SMILES string of the molecule is CCCC(CNC(=O)c1coc(-c2ccc(Br)cc2F)n1)C(=O)O. The van der Waals surface area contributed by atoms with Gasteiger partial charge in [0.15, 0.2) is 5.69 Å². The van der Waals surface area contributed by atoms with Gasteiger partial charge in [0.1, 0.15) is 12.1 Å². The molecule has 128 valence electrons. The normalized spacial score (nSPS) is 12.0. The summed E-state index contributed by atoms with van der Waals surface area (Å²) in [6.07, 6.45) is 2.27. The van der Waals surface area contributed by atoms with Crippen LogP contribution in [0.4, 0.5) is 4.39 Å². The van der Waals surface area contributed by atoms with E-state index in [2.05, 4.69) is 26.2 Å². The van der Waals surface area contributed by atoms with Crippen LogP contribution in [-0.2, 0) is 4.79 Å². The number of oxazole rings is 1. The summed E-state index contributed by atoms with van der Waals surface area (Å²) in [4.78, 5) is 27.1. The molecule has 1 amide bonds. The minimum atomic E-state index is -0.963. The summed E-state index contributed by atoms with van der Waals surface area (Å²) in [5, 5.41) is 11.6. The average Bonchev–Trinajstić information content (AvgIpc) is 3.00. The quantitative estimate of drug-likeness (QED) is 0.744. The van der Waals surface area contributed by atoms with Crippen molar-refractivity contribution in [3.05, 3.63) is 40.4 Å². The Morgan fingerprint density at radius 1 is 1.46 bits per heavy atom. The largest absolute Gasteiger partial charge is 0.481 e. The van der Waals surface area contributed by atoms with Gasteiger partial charge in [-0.05, 0) is 24.6 Å². The molecule has 24 heavy (non-hydrogen) atoms. The second-order valence-corrected chi connectivity index (χ2v) is 6.11. The fourth-order valence-electron chi connectivity index (χ4n) is 2.13. The zero-order valence-corrected chi connectivity index (χ0v) is 14.5. The summed E-state index contributed by atoms with van der Waals surface area (Å²) in [5.41, 5.74) is 0.0969. The van der Waals surface area contributed by atoms with Gasteiger partial charge in [0.2, 0.25) is 5.89 Å². The summed E-state index contributed by atoms with van der Waals surface area (Å²) in [6.45, 7) is 1.87. The van der Waals surface area contributed by atoms with Crippen molar-refractivity contribution in [1.82, 2.24) is 10.3 Å². The van der Waals surface area contributed by atoms with Crippen LogP contribution in [0.3, 0.4) is 0 Å². The lowest BCUT2D eigenvalue weighted by Gasteiger charge is -2.11. The van der Waals surface area contributed by atoms with E-state index >= 15 is 0 Å². The number of halogens is 2. The number of benzene rings is 1. The standard InChI is InChI=1S/C16H16BrFN2O4/c1-2-3-9(16(22)23)7-19-14(21)13-8-24-15(20-13)11-5-4-10(17)6-12(11)18/h4-6,8-9H,2-3,7H2,1H3,(H,19,21)(H,22,23). The molecule has 2 rings (SSSR count). The predicted octanol–water partition coefficient (Wildman–Crippen LogP) is 3.47. The minimum absolute atomic E-state index is 0.00313. The fourth-order valence-corrected chi connectivity index (χ4v) is 2.47. The van der Waals surface area contributed by atoms with Crippen LogP contribution in [-0.4, -0.2) is 28.5 Å². The van der Waals surface area contributed by atoms with E-state index in [0.717, 1.165) is 6.26 Å². The molecule has 0 saturated heterocycles. The monoisotopic (exact) mass is 398 g/mol. The zero-order chi connectivity index (χ0) is 17.7. The molecule has 0 aliphatic rings. The first kappa shape index (κ1) is 18.1. The van der Waals surface area contributed by atoms with Gasteiger partial charge in [-0.2, -0.15) is 0 Å². The Morgan fingerprint density at radius 3 is 2.83 bits per heavy atom. The summed E-state index contributed by atoms with van der Waals surface area (Å²) in [6, 6.07) is 4.38. The summed E-state index contributed by atoms with van der Waals surface area (Å²) >= 11 is 3.15. The Kier molecular flexibility index (Phi) is 6.08. The number of rotatable bonds is 7. The molecule has 2 aromatic rings. The van der Waals surface area contributed by atoms with Crippen LogP contribution in [0.5, 0.6) is 0 Å². The van der Waals surface area contributed by atoms with Gasteiger partial charge in [0.05, 0.1) is 11.5 Å². The lowest BCUT2D eigenvalue weighted by Crippen LogP contribution is -2.33. The first-order valence-corrected chi connectivity index (χ1v) is 8.13. The van der Waals surface area contributed by atoms with Gasteiger partial charge < -0.3 is 14.8 Å². The Hall–Kier alpha value is -2.22. The van der Waals surface area contributed by atoms with E-state index in [-0.39, 0.29) is 23.7 Å². The summed E-state index contributed by atoms with van der Waals surface area (Å²) < 4.78 is 19.6. The number of aliphatic carboxylic acids is 1. The molecule has 0 fully saturated rings. The van der Waals surface area contributed by atoms with E-state index in [9.17, 15) is 14.0 Å². The van der Waals surface area contributed by atoms with Gasteiger partial charge in [0, 0.05) is 11.0 Å². The Bertz CT molecular complexity index is 747. The van der Waals surface area contributed by atoms with Crippen molar-refractivity contribution < 1.29 is 23.5 Å². The molecule has 2 N–H and O–H groups in total. The van der Waals surface area contributed by atoms with E-state index in [0.29, 0.717) is 17.3 Å². The van der Waals surface area contributed by atoms with Gasteiger partial charge in [-0.1, -0.05) is 29.3 Å². The number of carboxylic acids is 1. The molecular weight excluding hydrogens is 383 g/mol. The molecule has 1 aromatic carbocycles. The Balaban J connectivity index is 2.07. The number of nitrogens with zero attached hydrogens (tertiary/aromatic N) is 1. The van der Waals surface area contributed by atoms with Crippen molar-refractivity contribution in [2.75, 3.05) is 6.54 Å². The molecule has 1 heterocycles. The van der Waals surface area contributed by atoms with Crippen LogP contribution in [0.1, 0.15) is 30.3 Å². The third-order valence-corrected chi connectivity index (χ3v) is 3.89. The fraction of sp³-hybridized carbons (Fsp3) is 0.312. The second-order valence-electron chi connectivity index (χ2n) is 5.20. The van der Waals surface area contributed by atoms with Gasteiger partial charge in [0.25, 0.3) is 5.91 Å². The minimum Gasteiger partial charge on any atom is -0.481 e. The topological polar surface area (TPSA) is 92.4 Å². The molecule has 1 unspecified atom stereocenters. The first-order valence-electron chi connectivity index (χ1n) is 7.34. The van der Waals surface area contributed by atoms with Crippen LogP contribution < -0.4 is 5.32 Å². The second kappa shape index (κ2) is 8.05. The highest BCUT2D eigenvalue weighted by Gasteiger charge is 2.20. The van der Waals surface area contributed by atoms with Crippen molar-refractivity contribution in [3.63, 3.8) is 0 Å². The molecule has 1 aromatic heterocycles. The maximum atomic E-state index is 13.9. The molecule has 1 atom stereocenters. The first-order chi connectivity index (χ1) is 11.4. The number of amides is 1. The smallest absolute Gasteiger partial charge is 0.308 e.